The Balaban J connectivity index is 1.09. The van der Waals surface area contributed by atoms with E-state index in [1.54, 1.807) is 71.6 Å². The van der Waals surface area contributed by atoms with E-state index in [-0.39, 0.29) is 22.6 Å². The van der Waals surface area contributed by atoms with Gasteiger partial charge in [-0.3, -0.25) is 5.41 Å². The Hall–Kier alpha value is -7.11. The SMILES string of the molecule is N=C1C(N(c2ccc(-c3ccccc3C(F)(F)F)cc2)c2ccc(-c3ccccc3C(F)(F)F)cc2)=CC=C(c2cccc3c2c2ccccc2n3-c2ccc(C3CCCCC3)cc2)C1=NS. The summed E-state index contributed by atoms with van der Waals surface area (Å²) in [5, 5.41) is 11.8. The molecule has 2 aliphatic carbocycles. The smallest absolute Gasteiger partial charge is 0.309 e. The van der Waals surface area contributed by atoms with Crippen LogP contribution in [0.3, 0.4) is 0 Å². The minimum atomic E-state index is -4.58. The van der Waals surface area contributed by atoms with E-state index in [9.17, 15) is 31.8 Å². The van der Waals surface area contributed by atoms with Gasteiger partial charge in [-0.15, -0.1) is 0 Å². The number of hydrogen-bond acceptors (Lipinski definition) is 4. The first-order chi connectivity index (χ1) is 32.4. The summed E-state index contributed by atoms with van der Waals surface area (Å²) in [4.78, 5) is 1.75. The van der Waals surface area contributed by atoms with Crippen LogP contribution < -0.4 is 4.90 Å². The maximum atomic E-state index is 14.1. The zero-order valence-electron chi connectivity index (χ0n) is 35.9. The van der Waals surface area contributed by atoms with Crippen LogP contribution in [0.25, 0.3) is 55.3 Å². The van der Waals surface area contributed by atoms with Crippen molar-refractivity contribution in [3.8, 4) is 27.9 Å². The van der Waals surface area contributed by atoms with E-state index >= 15 is 0 Å². The average molecular weight is 917 g/mol. The van der Waals surface area contributed by atoms with E-state index in [1.165, 1.54) is 61.9 Å². The second kappa shape index (κ2) is 17.6. The van der Waals surface area contributed by atoms with Gasteiger partial charge in [0.1, 0.15) is 11.4 Å². The fraction of sp³-hybridized carbons (Fsp3) is 0.143. The van der Waals surface area contributed by atoms with E-state index < -0.39 is 23.5 Å². The minimum Gasteiger partial charge on any atom is -0.309 e. The molecule has 2 aliphatic rings. The van der Waals surface area contributed by atoms with Crippen LogP contribution in [0.1, 0.15) is 60.3 Å². The molecule has 1 N–H and O–H groups in total. The molecule has 11 heteroatoms. The van der Waals surface area contributed by atoms with Gasteiger partial charge in [0, 0.05) is 33.4 Å². The highest BCUT2D eigenvalue weighted by Gasteiger charge is 2.35. The van der Waals surface area contributed by atoms with Gasteiger partial charge < -0.3 is 9.47 Å². The van der Waals surface area contributed by atoms with Crippen LogP contribution in [-0.4, -0.2) is 16.0 Å². The number of hydrogen-bond donors (Lipinski definition) is 2. The molecule has 0 aliphatic heterocycles. The van der Waals surface area contributed by atoms with E-state index in [1.807, 2.05) is 30.3 Å². The van der Waals surface area contributed by atoms with Crippen LogP contribution >= 0.6 is 12.8 Å². The lowest BCUT2D eigenvalue weighted by molar-refractivity contribution is -0.137. The summed E-state index contributed by atoms with van der Waals surface area (Å²) in [6.45, 7) is 0. The Morgan fingerprint density at radius 2 is 1.07 bits per heavy atom. The van der Waals surface area contributed by atoms with Crippen LogP contribution in [0.15, 0.2) is 186 Å². The Bertz CT molecular complexity index is 3160. The quantitative estimate of drug-likeness (QED) is 0.0890. The van der Waals surface area contributed by atoms with Crippen LogP contribution in [-0.2, 0) is 12.4 Å². The predicted molar refractivity (Wildman–Crippen MR) is 263 cm³/mol. The lowest BCUT2D eigenvalue weighted by Crippen LogP contribution is -2.30. The lowest BCUT2D eigenvalue weighted by Gasteiger charge is -2.31. The van der Waals surface area contributed by atoms with Gasteiger partial charge in [0.15, 0.2) is 0 Å². The summed E-state index contributed by atoms with van der Waals surface area (Å²) >= 11 is 4.44. The number of alkyl halides is 6. The van der Waals surface area contributed by atoms with Gasteiger partial charge in [0.05, 0.1) is 27.9 Å². The van der Waals surface area contributed by atoms with Gasteiger partial charge in [-0.05, 0) is 138 Å². The molecule has 7 aromatic carbocycles. The Morgan fingerprint density at radius 3 is 1.64 bits per heavy atom. The molecule has 10 rings (SSSR count). The normalized spacial score (nSPS) is 15.6. The Kier molecular flexibility index (Phi) is 11.5. The molecular weight excluding hydrogens is 875 g/mol. The van der Waals surface area contributed by atoms with Gasteiger partial charge in [-0.2, -0.15) is 26.3 Å². The third kappa shape index (κ3) is 8.15. The van der Waals surface area contributed by atoms with Crippen molar-refractivity contribution in [1.29, 1.82) is 5.41 Å². The predicted octanol–water partition coefficient (Wildman–Crippen LogP) is 16.6. The van der Waals surface area contributed by atoms with Crippen LogP contribution in [0.2, 0.25) is 0 Å². The molecule has 8 aromatic rings. The fourth-order valence-corrected chi connectivity index (χ4v) is 10.1. The molecule has 0 radical (unpaired) electrons. The lowest BCUT2D eigenvalue weighted by atomic mass is 9.84. The number of nitrogens with zero attached hydrogens (tertiary/aromatic N) is 3. The standard InChI is InChI=1S/C56H42F6N4S/c57-55(58,59)47-17-7-4-13-42(47)37-23-29-39(30-24-37)65(40-31-25-38(26-32-40)43-14-5-8-18-48(43)56(60,61)62)51-34-33-45(54(64-67)53(51)63)44-16-10-20-50-52(44)46-15-6-9-19-49(46)66(50)41-27-21-36(22-28-41)35-11-2-1-3-12-35/h4-10,13-35,63,67H,1-3,11-12H2. The first kappa shape index (κ1) is 43.8. The number of benzene rings is 7. The van der Waals surface area contributed by atoms with Crippen molar-refractivity contribution < 1.29 is 26.3 Å². The van der Waals surface area contributed by atoms with Crippen molar-refractivity contribution in [2.75, 3.05) is 4.90 Å². The molecule has 1 heterocycles. The molecular formula is C56H42F6N4S. The third-order valence-electron chi connectivity index (χ3n) is 13.1. The van der Waals surface area contributed by atoms with Crippen molar-refractivity contribution in [2.45, 2.75) is 50.4 Å². The van der Waals surface area contributed by atoms with E-state index in [4.69, 9.17) is 0 Å². The van der Waals surface area contributed by atoms with Gasteiger partial charge >= 0.3 is 12.4 Å². The number of fused-ring (bicyclic) bond motifs is 3. The Labute approximate surface area is 389 Å². The molecule has 1 saturated carbocycles. The molecule has 0 amide bonds. The molecule has 334 valence electrons. The molecule has 0 saturated heterocycles. The van der Waals surface area contributed by atoms with Crippen LogP contribution in [0.4, 0.5) is 37.7 Å². The molecule has 0 bridgehead atoms. The molecule has 0 unspecified atom stereocenters. The second-order valence-electron chi connectivity index (χ2n) is 17.0. The van der Waals surface area contributed by atoms with Crippen molar-refractivity contribution in [3.05, 3.63) is 204 Å². The minimum absolute atomic E-state index is 0.00419. The topological polar surface area (TPSA) is 44.4 Å². The summed E-state index contributed by atoms with van der Waals surface area (Å²) < 4.78 is 91.3. The van der Waals surface area contributed by atoms with Crippen molar-refractivity contribution >= 4 is 63.0 Å². The van der Waals surface area contributed by atoms with Crippen molar-refractivity contribution in [2.24, 2.45) is 4.40 Å². The zero-order valence-corrected chi connectivity index (χ0v) is 36.8. The Morgan fingerprint density at radius 1 is 0.552 bits per heavy atom. The van der Waals surface area contributed by atoms with Crippen LogP contribution in [0.5, 0.6) is 0 Å². The number of halogens is 6. The number of nitrogens with one attached hydrogen (secondary N) is 1. The van der Waals surface area contributed by atoms with Gasteiger partial charge in [0.2, 0.25) is 0 Å². The number of para-hydroxylation sites is 1. The number of anilines is 2. The van der Waals surface area contributed by atoms with E-state index in [2.05, 4.69) is 64.2 Å². The van der Waals surface area contributed by atoms with Crippen molar-refractivity contribution in [1.82, 2.24) is 4.57 Å². The molecule has 1 aromatic heterocycles. The molecule has 1 fully saturated rings. The number of allylic oxidation sites excluding steroid dienone is 4. The highest BCUT2D eigenvalue weighted by Crippen LogP contribution is 2.44. The summed E-state index contributed by atoms with van der Waals surface area (Å²) in [7, 11) is 0. The number of aromatic nitrogens is 1. The highest BCUT2D eigenvalue weighted by atomic mass is 32.1. The first-order valence-electron chi connectivity index (χ1n) is 22.1. The molecule has 67 heavy (non-hydrogen) atoms. The van der Waals surface area contributed by atoms with Crippen molar-refractivity contribution in [3.63, 3.8) is 0 Å². The number of thiol groups is 1. The second-order valence-corrected chi connectivity index (χ2v) is 17.2. The van der Waals surface area contributed by atoms with Gasteiger partial charge in [0.25, 0.3) is 0 Å². The van der Waals surface area contributed by atoms with Crippen LogP contribution in [0, 0.1) is 5.41 Å². The molecule has 0 atom stereocenters. The van der Waals surface area contributed by atoms with E-state index in [0.717, 1.165) is 45.2 Å². The molecule has 0 spiro atoms. The average Bonchev–Trinajstić information content (AvgIpc) is 3.69. The fourth-order valence-electron chi connectivity index (χ4n) is 9.91. The van der Waals surface area contributed by atoms with Gasteiger partial charge in [-0.1, -0.05) is 122 Å². The third-order valence-corrected chi connectivity index (χ3v) is 13.3. The summed E-state index contributed by atoms with van der Waals surface area (Å²) in [6, 6.07) is 46.9. The first-order valence-corrected chi connectivity index (χ1v) is 22.5. The summed E-state index contributed by atoms with van der Waals surface area (Å²) in [6.07, 6.45) is 0.756. The monoisotopic (exact) mass is 916 g/mol. The number of rotatable bonds is 8. The summed E-state index contributed by atoms with van der Waals surface area (Å²) in [5.41, 5.74) is 6.65. The zero-order chi connectivity index (χ0) is 46.5. The van der Waals surface area contributed by atoms with Gasteiger partial charge in [-0.25, -0.2) is 4.40 Å². The largest absolute Gasteiger partial charge is 0.417 e. The van der Waals surface area contributed by atoms with E-state index in [0.29, 0.717) is 39.7 Å². The summed E-state index contributed by atoms with van der Waals surface area (Å²) in [5.74, 6) is 0.578. The highest BCUT2D eigenvalue weighted by molar-refractivity contribution is 7.79. The molecule has 4 nitrogen and oxygen atoms in total. The maximum absolute atomic E-state index is 14.1. The maximum Gasteiger partial charge on any atom is 0.417 e.